The SMILES string of the molecule is CN=C(NC1C2CCOC2C12CCCC2)N1CCSC(C)(C)C1. The van der Waals surface area contributed by atoms with Crippen LogP contribution in [-0.2, 0) is 4.74 Å². The maximum Gasteiger partial charge on any atom is 0.193 e. The largest absolute Gasteiger partial charge is 0.377 e. The molecule has 1 spiro atoms. The number of hydrogen-bond acceptors (Lipinski definition) is 3. The van der Waals surface area contributed by atoms with Gasteiger partial charge in [-0.05, 0) is 33.1 Å². The van der Waals surface area contributed by atoms with E-state index >= 15 is 0 Å². The summed E-state index contributed by atoms with van der Waals surface area (Å²) < 4.78 is 6.44. The van der Waals surface area contributed by atoms with Crippen molar-refractivity contribution in [3.8, 4) is 0 Å². The molecule has 4 nitrogen and oxygen atoms in total. The molecule has 2 heterocycles. The fourth-order valence-electron chi connectivity index (χ4n) is 5.54. The van der Waals surface area contributed by atoms with Crippen molar-refractivity contribution < 1.29 is 4.74 Å². The molecule has 2 aliphatic heterocycles. The molecule has 3 atom stereocenters. The summed E-state index contributed by atoms with van der Waals surface area (Å²) in [5.74, 6) is 3.02. The molecule has 0 aromatic rings. The molecule has 0 aromatic heterocycles. The van der Waals surface area contributed by atoms with Crippen molar-refractivity contribution in [2.45, 2.75) is 62.8 Å². The van der Waals surface area contributed by atoms with Crippen molar-refractivity contribution in [3.05, 3.63) is 0 Å². The second kappa shape index (κ2) is 5.83. The number of fused-ring (bicyclic) bond motifs is 2. The Morgan fingerprint density at radius 3 is 2.78 bits per heavy atom. The summed E-state index contributed by atoms with van der Waals surface area (Å²) in [5, 5.41) is 3.90. The molecule has 3 unspecified atom stereocenters. The molecule has 1 N–H and O–H groups in total. The summed E-state index contributed by atoms with van der Waals surface area (Å²) in [5.41, 5.74) is 0.400. The Hall–Kier alpha value is -0.420. The van der Waals surface area contributed by atoms with Crippen LogP contribution in [0.3, 0.4) is 0 Å². The van der Waals surface area contributed by atoms with Gasteiger partial charge in [0.25, 0.3) is 0 Å². The van der Waals surface area contributed by atoms with E-state index in [-0.39, 0.29) is 0 Å². The molecule has 23 heavy (non-hydrogen) atoms. The van der Waals surface area contributed by atoms with Crippen molar-refractivity contribution >= 4 is 17.7 Å². The molecule has 2 aliphatic carbocycles. The summed E-state index contributed by atoms with van der Waals surface area (Å²) in [6, 6.07) is 0.578. The van der Waals surface area contributed by atoms with Gasteiger partial charge in [0, 0.05) is 54.6 Å². The van der Waals surface area contributed by atoms with E-state index in [1.54, 1.807) is 0 Å². The number of nitrogens with one attached hydrogen (secondary N) is 1. The van der Waals surface area contributed by atoms with Crippen LogP contribution in [0.2, 0.25) is 0 Å². The maximum atomic E-state index is 6.12. The van der Waals surface area contributed by atoms with Crippen LogP contribution in [-0.4, -0.2) is 60.2 Å². The standard InChI is InChI=1S/C18H31N3OS/c1-17(2)12-21(9-11-23-17)16(19-3)20-14-13-6-10-22-15(13)18(14)7-4-5-8-18/h13-15H,4-12H2,1-3H3,(H,19,20). The van der Waals surface area contributed by atoms with Crippen LogP contribution < -0.4 is 5.32 Å². The highest BCUT2D eigenvalue weighted by Gasteiger charge is 2.65. The summed E-state index contributed by atoms with van der Waals surface area (Å²) in [4.78, 5) is 7.12. The number of thioether (sulfide) groups is 1. The quantitative estimate of drug-likeness (QED) is 0.590. The van der Waals surface area contributed by atoms with Crippen molar-refractivity contribution in [2.24, 2.45) is 16.3 Å². The minimum Gasteiger partial charge on any atom is -0.377 e. The van der Waals surface area contributed by atoms with Crippen molar-refractivity contribution in [2.75, 3.05) is 32.5 Å². The lowest BCUT2D eigenvalue weighted by Gasteiger charge is -2.57. The van der Waals surface area contributed by atoms with E-state index in [0.29, 0.717) is 28.2 Å². The van der Waals surface area contributed by atoms with Crippen LogP contribution in [0.15, 0.2) is 4.99 Å². The van der Waals surface area contributed by atoms with Crippen molar-refractivity contribution in [3.63, 3.8) is 0 Å². The van der Waals surface area contributed by atoms with E-state index in [1.807, 2.05) is 7.05 Å². The van der Waals surface area contributed by atoms with Gasteiger partial charge >= 0.3 is 0 Å². The van der Waals surface area contributed by atoms with Crippen LogP contribution in [0.1, 0.15) is 46.0 Å². The fourth-order valence-corrected chi connectivity index (χ4v) is 6.65. The molecule has 0 aromatic carbocycles. The summed E-state index contributed by atoms with van der Waals surface area (Å²) >= 11 is 2.08. The zero-order valence-corrected chi connectivity index (χ0v) is 15.6. The van der Waals surface area contributed by atoms with E-state index in [2.05, 4.69) is 40.8 Å². The van der Waals surface area contributed by atoms with Gasteiger partial charge in [0.15, 0.2) is 5.96 Å². The minimum absolute atomic E-state index is 0.319. The van der Waals surface area contributed by atoms with Gasteiger partial charge in [-0.15, -0.1) is 0 Å². The zero-order valence-electron chi connectivity index (χ0n) is 14.8. The molecule has 130 valence electrons. The van der Waals surface area contributed by atoms with Crippen molar-refractivity contribution in [1.82, 2.24) is 10.2 Å². The van der Waals surface area contributed by atoms with Crippen LogP contribution in [0, 0.1) is 11.3 Å². The Kier molecular flexibility index (Phi) is 4.08. The number of nitrogens with zero attached hydrogens (tertiary/aromatic N) is 2. The highest BCUT2D eigenvalue weighted by molar-refractivity contribution is 8.00. The highest BCUT2D eigenvalue weighted by Crippen LogP contribution is 2.60. The van der Waals surface area contributed by atoms with Gasteiger partial charge in [0.2, 0.25) is 0 Å². The fraction of sp³-hybridized carbons (Fsp3) is 0.944. The Morgan fingerprint density at radius 1 is 1.30 bits per heavy atom. The van der Waals surface area contributed by atoms with Crippen LogP contribution in [0.5, 0.6) is 0 Å². The van der Waals surface area contributed by atoms with Gasteiger partial charge in [0.1, 0.15) is 0 Å². The van der Waals surface area contributed by atoms with E-state index in [4.69, 9.17) is 4.74 Å². The second-order valence-electron chi connectivity index (χ2n) is 8.38. The molecule has 0 bridgehead atoms. The molecule has 4 rings (SSSR count). The Bertz CT molecular complexity index is 487. The van der Waals surface area contributed by atoms with Gasteiger partial charge < -0.3 is 15.0 Å². The van der Waals surface area contributed by atoms with Gasteiger partial charge in [-0.2, -0.15) is 11.8 Å². The minimum atomic E-state index is 0.319. The highest BCUT2D eigenvalue weighted by atomic mass is 32.2. The molecular weight excluding hydrogens is 306 g/mol. The third-order valence-corrected chi connectivity index (χ3v) is 7.80. The number of aliphatic imine (C=N–C) groups is 1. The summed E-state index contributed by atoms with van der Waals surface area (Å²) in [6.07, 6.45) is 7.17. The lowest BCUT2D eigenvalue weighted by molar-refractivity contribution is -0.125. The smallest absolute Gasteiger partial charge is 0.193 e. The van der Waals surface area contributed by atoms with Crippen molar-refractivity contribution in [1.29, 1.82) is 0 Å². The van der Waals surface area contributed by atoms with Gasteiger partial charge in [-0.3, -0.25) is 4.99 Å². The lowest BCUT2D eigenvalue weighted by atomic mass is 9.54. The molecular formula is C18H31N3OS. The first-order valence-corrected chi connectivity index (χ1v) is 10.3. The normalized spacial score (nSPS) is 38.5. The average molecular weight is 338 g/mol. The number of guanidine groups is 1. The molecule has 0 radical (unpaired) electrons. The van der Waals surface area contributed by atoms with Crippen LogP contribution in [0.25, 0.3) is 0 Å². The monoisotopic (exact) mass is 337 g/mol. The zero-order chi connectivity index (χ0) is 16.1. The first-order chi connectivity index (χ1) is 11.1. The Labute approximate surface area is 144 Å². The number of ether oxygens (including phenoxy) is 1. The van der Waals surface area contributed by atoms with Crippen LogP contribution >= 0.6 is 11.8 Å². The maximum absolute atomic E-state index is 6.12. The topological polar surface area (TPSA) is 36.9 Å². The molecule has 4 fully saturated rings. The predicted octanol–water partition coefficient (Wildman–Crippen LogP) is 2.74. The third-order valence-electron chi connectivity index (χ3n) is 6.51. The third kappa shape index (κ3) is 2.58. The lowest BCUT2D eigenvalue weighted by Crippen LogP contribution is -2.70. The first kappa shape index (κ1) is 16.1. The predicted molar refractivity (Wildman–Crippen MR) is 97.1 cm³/mol. The van der Waals surface area contributed by atoms with Gasteiger partial charge in [-0.25, -0.2) is 0 Å². The summed E-state index contributed by atoms with van der Waals surface area (Å²) in [6.45, 7) is 7.85. The van der Waals surface area contributed by atoms with Gasteiger partial charge in [0.05, 0.1) is 6.10 Å². The van der Waals surface area contributed by atoms with E-state index in [1.165, 1.54) is 37.9 Å². The van der Waals surface area contributed by atoms with E-state index in [9.17, 15) is 0 Å². The summed E-state index contributed by atoms with van der Waals surface area (Å²) in [7, 11) is 1.94. The molecule has 2 saturated carbocycles. The molecule has 5 heteroatoms. The number of hydrogen-bond donors (Lipinski definition) is 1. The van der Waals surface area contributed by atoms with E-state index in [0.717, 1.165) is 25.7 Å². The number of rotatable bonds is 1. The van der Waals surface area contributed by atoms with Gasteiger partial charge in [-0.1, -0.05) is 12.8 Å². The molecule has 4 aliphatic rings. The van der Waals surface area contributed by atoms with Crippen LogP contribution in [0.4, 0.5) is 0 Å². The molecule has 2 saturated heterocycles. The average Bonchev–Trinajstić information content (AvgIpc) is 3.15. The Balaban J connectivity index is 1.49. The molecule has 0 amide bonds. The first-order valence-electron chi connectivity index (χ1n) is 9.30. The van der Waals surface area contributed by atoms with E-state index < -0.39 is 0 Å². The Morgan fingerprint density at radius 2 is 2.09 bits per heavy atom. The second-order valence-corrected chi connectivity index (χ2v) is 10.2.